The van der Waals surface area contributed by atoms with Gasteiger partial charge in [-0.2, -0.15) is 0 Å². The molecule has 0 aliphatic heterocycles. The third kappa shape index (κ3) is 5.08. The lowest BCUT2D eigenvalue weighted by molar-refractivity contribution is -0.139. The molecule has 0 aliphatic rings. The zero-order valence-electron chi connectivity index (χ0n) is 15.3. The molecule has 0 fully saturated rings. The highest BCUT2D eigenvalue weighted by atomic mass is 32.2. The maximum atomic E-state index is 13.0. The first-order valence-corrected chi connectivity index (χ1v) is 10.3. The number of pyridine rings is 1. The lowest BCUT2D eigenvalue weighted by Crippen LogP contribution is -2.42. The first kappa shape index (κ1) is 20.3. The maximum absolute atomic E-state index is 13.0. The van der Waals surface area contributed by atoms with Crippen molar-refractivity contribution in [1.29, 1.82) is 0 Å². The lowest BCUT2D eigenvalue weighted by Gasteiger charge is -2.16. The number of carbonyl (C=O) groups excluding carboxylic acids is 2. The molecule has 0 aliphatic carbocycles. The van der Waals surface area contributed by atoms with Crippen LogP contribution in [0.5, 0.6) is 0 Å². The first-order chi connectivity index (χ1) is 14.0. The van der Waals surface area contributed by atoms with Crippen molar-refractivity contribution in [3.05, 3.63) is 84.6 Å². The van der Waals surface area contributed by atoms with Crippen molar-refractivity contribution in [2.75, 3.05) is 6.54 Å². The van der Waals surface area contributed by atoms with Crippen molar-refractivity contribution in [3.8, 4) is 0 Å². The second-order valence-corrected chi connectivity index (χ2v) is 8.24. The third-order valence-corrected chi connectivity index (χ3v) is 6.24. The van der Waals surface area contributed by atoms with Gasteiger partial charge in [-0.25, -0.2) is 8.42 Å². The Kier molecular flexibility index (Phi) is 6.40. The highest BCUT2D eigenvalue weighted by Gasteiger charge is 2.32. The summed E-state index contributed by atoms with van der Waals surface area (Å²) in [6, 6.07) is 14.3. The Labute approximate surface area is 167 Å². The number of nitrogens with one attached hydrogen (secondary N) is 2. The Balaban J connectivity index is 1.67. The van der Waals surface area contributed by atoms with Crippen LogP contribution in [0.1, 0.15) is 16.6 Å². The molecule has 1 aromatic carbocycles. The lowest BCUT2D eigenvalue weighted by atomic mass is 10.2. The highest BCUT2D eigenvalue weighted by molar-refractivity contribution is 7.91. The zero-order valence-corrected chi connectivity index (χ0v) is 16.1. The number of amides is 2. The van der Waals surface area contributed by atoms with Gasteiger partial charge in [-0.15, -0.1) is 0 Å². The summed E-state index contributed by atoms with van der Waals surface area (Å²) in [5.41, 5.74) is 0.779. The molecule has 2 aromatic heterocycles. The van der Waals surface area contributed by atoms with Crippen LogP contribution in [0.25, 0.3) is 0 Å². The number of sulfone groups is 1. The van der Waals surface area contributed by atoms with Crippen molar-refractivity contribution in [2.24, 2.45) is 0 Å². The first-order valence-electron chi connectivity index (χ1n) is 8.76. The standard InChI is InChI=1S/C20H19N3O5S/c24-19(22-13-15-8-10-21-11-9-15)20(25)23-14-18(17-7-4-12-28-17)29(26,27)16-5-2-1-3-6-16/h1-12,18H,13-14H2,(H,22,24)(H,23,25)/t18-/m0/s1. The molecule has 1 atom stereocenters. The molecule has 2 heterocycles. The van der Waals surface area contributed by atoms with Crippen molar-refractivity contribution < 1.29 is 22.4 Å². The summed E-state index contributed by atoms with van der Waals surface area (Å²) in [4.78, 5) is 28.1. The van der Waals surface area contributed by atoms with Gasteiger partial charge in [0, 0.05) is 25.5 Å². The van der Waals surface area contributed by atoms with E-state index in [2.05, 4.69) is 15.6 Å². The summed E-state index contributed by atoms with van der Waals surface area (Å²) in [7, 11) is -3.85. The fraction of sp³-hybridized carbons (Fsp3) is 0.150. The van der Waals surface area contributed by atoms with Crippen molar-refractivity contribution >= 4 is 21.7 Å². The zero-order chi connectivity index (χ0) is 20.7. The summed E-state index contributed by atoms with van der Waals surface area (Å²) < 4.78 is 31.3. The van der Waals surface area contributed by atoms with E-state index in [1.54, 1.807) is 48.8 Å². The minimum absolute atomic E-state index is 0.0952. The van der Waals surface area contributed by atoms with E-state index in [0.29, 0.717) is 0 Å². The van der Waals surface area contributed by atoms with Crippen LogP contribution < -0.4 is 10.6 Å². The van der Waals surface area contributed by atoms with Crippen LogP contribution in [0, 0.1) is 0 Å². The quantitative estimate of drug-likeness (QED) is 0.568. The molecule has 150 valence electrons. The van der Waals surface area contributed by atoms with Gasteiger partial charge in [0.15, 0.2) is 9.84 Å². The molecule has 2 amide bonds. The summed E-state index contributed by atoms with van der Waals surface area (Å²) in [5, 5.41) is 3.69. The van der Waals surface area contributed by atoms with Crippen LogP contribution in [-0.2, 0) is 26.0 Å². The summed E-state index contributed by atoms with van der Waals surface area (Å²) in [6.45, 7) is -0.162. The van der Waals surface area contributed by atoms with E-state index < -0.39 is 26.9 Å². The fourth-order valence-corrected chi connectivity index (χ4v) is 4.25. The van der Waals surface area contributed by atoms with Crippen LogP contribution in [0.4, 0.5) is 0 Å². The second kappa shape index (κ2) is 9.16. The number of benzene rings is 1. The van der Waals surface area contributed by atoms with Crippen molar-refractivity contribution in [3.63, 3.8) is 0 Å². The fourth-order valence-electron chi connectivity index (χ4n) is 2.64. The van der Waals surface area contributed by atoms with Gasteiger partial charge in [0.05, 0.1) is 11.2 Å². The molecule has 2 N–H and O–H groups in total. The molecule has 8 nitrogen and oxygen atoms in total. The predicted octanol–water partition coefficient (Wildman–Crippen LogP) is 1.62. The van der Waals surface area contributed by atoms with Crippen LogP contribution in [0.3, 0.4) is 0 Å². The van der Waals surface area contributed by atoms with E-state index in [0.717, 1.165) is 5.56 Å². The largest absolute Gasteiger partial charge is 0.468 e. The van der Waals surface area contributed by atoms with Gasteiger partial charge in [-0.1, -0.05) is 18.2 Å². The Morgan fingerprint density at radius 3 is 2.28 bits per heavy atom. The number of hydrogen-bond donors (Lipinski definition) is 2. The van der Waals surface area contributed by atoms with E-state index in [1.807, 2.05) is 0 Å². The van der Waals surface area contributed by atoms with E-state index in [-0.39, 0.29) is 23.7 Å². The normalized spacial score (nSPS) is 12.1. The van der Waals surface area contributed by atoms with Gasteiger partial charge >= 0.3 is 11.8 Å². The average Bonchev–Trinajstić information content (AvgIpc) is 3.27. The summed E-state index contributed by atoms with van der Waals surface area (Å²) >= 11 is 0. The number of nitrogens with zero attached hydrogens (tertiary/aromatic N) is 1. The highest BCUT2D eigenvalue weighted by Crippen LogP contribution is 2.28. The van der Waals surface area contributed by atoms with Gasteiger partial charge in [0.1, 0.15) is 11.0 Å². The topological polar surface area (TPSA) is 118 Å². The van der Waals surface area contributed by atoms with Crippen molar-refractivity contribution in [2.45, 2.75) is 16.7 Å². The minimum Gasteiger partial charge on any atom is -0.468 e. The maximum Gasteiger partial charge on any atom is 0.309 e. The Morgan fingerprint density at radius 1 is 0.931 bits per heavy atom. The van der Waals surface area contributed by atoms with E-state index in [1.165, 1.54) is 24.5 Å². The molecule has 0 saturated heterocycles. The van der Waals surface area contributed by atoms with Gasteiger partial charge in [-0.05, 0) is 42.0 Å². The van der Waals surface area contributed by atoms with Crippen LogP contribution in [-0.4, -0.2) is 31.8 Å². The number of carbonyl (C=O) groups is 2. The monoisotopic (exact) mass is 413 g/mol. The molecular weight excluding hydrogens is 394 g/mol. The average molecular weight is 413 g/mol. The third-order valence-electron chi connectivity index (χ3n) is 4.16. The molecule has 0 spiro atoms. The molecule has 0 bridgehead atoms. The van der Waals surface area contributed by atoms with Crippen LogP contribution >= 0.6 is 0 Å². The minimum atomic E-state index is -3.85. The SMILES string of the molecule is O=C(NCc1ccncc1)C(=O)NC[C@@H](c1ccco1)S(=O)(=O)c1ccccc1. The number of aromatic nitrogens is 1. The molecule has 29 heavy (non-hydrogen) atoms. The van der Waals surface area contributed by atoms with E-state index in [4.69, 9.17) is 4.42 Å². The molecule has 3 aromatic rings. The summed E-state index contributed by atoms with van der Waals surface area (Å²) in [6.07, 6.45) is 4.50. The number of rotatable bonds is 7. The Bertz CT molecular complexity index is 1050. The molecule has 0 unspecified atom stereocenters. The summed E-state index contributed by atoms with van der Waals surface area (Å²) in [5.74, 6) is -1.62. The molecule has 0 radical (unpaired) electrons. The second-order valence-electron chi connectivity index (χ2n) is 6.11. The van der Waals surface area contributed by atoms with Gasteiger partial charge < -0.3 is 15.1 Å². The molecule has 9 heteroatoms. The Hall–Kier alpha value is -3.46. The van der Waals surface area contributed by atoms with Crippen LogP contribution in [0.2, 0.25) is 0 Å². The number of furan rings is 1. The Morgan fingerprint density at radius 2 is 1.62 bits per heavy atom. The smallest absolute Gasteiger partial charge is 0.309 e. The van der Waals surface area contributed by atoms with E-state index >= 15 is 0 Å². The predicted molar refractivity (Wildman–Crippen MR) is 104 cm³/mol. The molecule has 3 rings (SSSR count). The number of hydrogen-bond acceptors (Lipinski definition) is 6. The van der Waals surface area contributed by atoms with Gasteiger partial charge in [-0.3, -0.25) is 14.6 Å². The molecule has 0 saturated carbocycles. The van der Waals surface area contributed by atoms with Gasteiger partial charge in [0.2, 0.25) is 0 Å². The van der Waals surface area contributed by atoms with E-state index in [9.17, 15) is 18.0 Å². The van der Waals surface area contributed by atoms with Gasteiger partial charge in [0.25, 0.3) is 0 Å². The van der Waals surface area contributed by atoms with Crippen molar-refractivity contribution in [1.82, 2.24) is 15.6 Å². The molecular formula is C20H19N3O5S. The van der Waals surface area contributed by atoms with Crippen LogP contribution in [0.15, 0.2) is 82.6 Å².